The molecule has 0 spiro atoms. The zero-order chi connectivity index (χ0) is 15.6. The van der Waals surface area contributed by atoms with Gasteiger partial charge in [-0.2, -0.15) is 5.10 Å². The predicted octanol–water partition coefficient (Wildman–Crippen LogP) is 2.05. The van der Waals surface area contributed by atoms with E-state index in [1.807, 2.05) is 11.8 Å². The van der Waals surface area contributed by atoms with E-state index in [1.165, 1.54) is 10.9 Å². The van der Waals surface area contributed by atoms with Crippen LogP contribution < -0.4 is 5.56 Å². The van der Waals surface area contributed by atoms with Gasteiger partial charge in [0.1, 0.15) is 11.1 Å². The van der Waals surface area contributed by atoms with E-state index in [-0.39, 0.29) is 16.1 Å². The van der Waals surface area contributed by atoms with Gasteiger partial charge < -0.3 is 5.11 Å². The third kappa shape index (κ3) is 3.39. The zero-order valence-corrected chi connectivity index (χ0v) is 13.1. The average Bonchev–Trinajstić information content (AvgIpc) is 2.46. The molecule has 2 rings (SSSR count). The Morgan fingerprint density at radius 3 is 2.62 bits per heavy atom. The standard InChI is InChI=1S/C13H17Cl2N3O3/c1-2-10(13(20)21)17-5-3-8(4-6-17)18-12(19)11(15)9(14)7-16-18/h7-8,10H,2-6H2,1H3,(H,20,21). The third-order valence-electron chi connectivity index (χ3n) is 3.86. The fraction of sp³-hybridized carbons (Fsp3) is 0.615. The van der Waals surface area contributed by atoms with Crippen molar-refractivity contribution in [3.63, 3.8) is 0 Å². The molecule has 116 valence electrons. The second-order valence-corrected chi connectivity index (χ2v) is 5.87. The maximum Gasteiger partial charge on any atom is 0.320 e. The monoisotopic (exact) mass is 333 g/mol. The van der Waals surface area contributed by atoms with Crippen LogP contribution in [-0.2, 0) is 4.79 Å². The number of hydrogen-bond acceptors (Lipinski definition) is 4. The molecule has 1 aromatic rings. The Hall–Kier alpha value is -1.11. The number of aliphatic carboxylic acids is 1. The molecule has 1 N–H and O–H groups in total. The Balaban J connectivity index is 2.10. The van der Waals surface area contributed by atoms with Crippen LogP contribution in [0.4, 0.5) is 0 Å². The van der Waals surface area contributed by atoms with Crippen molar-refractivity contribution in [2.24, 2.45) is 0 Å². The molecule has 0 radical (unpaired) electrons. The van der Waals surface area contributed by atoms with Gasteiger partial charge in [-0.05, 0) is 19.3 Å². The summed E-state index contributed by atoms with van der Waals surface area (Å²) in [6, 6.07) is -0.542. The fourth-order valence-electron chi connectivity index (χ4n) is 2.72. The van der Waals surface area contributed by atoms with Gasteiger partial charge in [0.15, 0.2) is 0 Å². The van der Waals surface area contributed by atoms with E-state index in [0.717, 1.165) is 0 Å². The molecular weight excluding hydrogens is 317 g/mol. The normalized spacial score (nSPS) is 18.6. The lowest BCUT2D eigenvalue weighted by molar-refractivity contribution is -0.144. The van der Waals surface area contributed by atoms with E-state index < -0.39 is 17.6 Å². The molecule has 0 bridgehead atoms. The summed E-state index contributed by atoms with van der Waals surface area (Å²) in [5.74, 6) is -0.805. The van der Waals surface area contributed by atoms with Crippen LogP contribution in [0.1, 0.15) is 32.2 Å². The summed E-state index contributed by atoms with van der Waals surface area (Å²) in [5.41, 5.74) is -0.395. The van der Waals surface area contributed by atoms with E-state index >= 15 is 0 Å². The Morgan fingerprint density at radius 2 is 2.10 bits per heavy atom. The average molecular weight is 334 g/mol. The largest absolute Gasteiger partial charge is 0.480 e. The van der Waals surface area contributed by atoms with Gasteiger partial charge in [0.25, 0.3) is 5.56 Å². The number of carboxylic acid groups (broad SMARTS) is 1. The molecule has 1 fully saturated rings. The highest BCUT2D eigenvalue weighted by Crippen LogP contribution is 2.24. The first-order chi connectivity index (χ1) is 9.95. The first-order valence-electron chi connectivity index (χ1n) is 6.85. The lowest BCUT2D eigenvalue weighted by atomic mass is 10.0. The minimum atomic E-state index is -0.805. The van der Waals surface area contributed by atoms with Gasteiger partial charge in [0.2, 0.25) is 0 Å². The SMILES string of the molecule is CCC(C(=O)O)N1CCC(n2ncc(Cl)c(Cl)c2=O)CC1. The Bertz CT molecular complexity index is 583. The molecule has 0 amide bonds. The molecule has 8 heteroatoms. The first-order valence-corrected chi connectivity index (χ1v) is 7.61. The van der Waals surface area contributed by atoms with Gasteiger partial charge in [-0.3, -0.25) is 14.5 Å². The van der Waals surface area contributed by atoms with Crippen molar-refractivity contribution in [2.45, 2.75) is 38.3 Å². The van der Waals surface area contributed by atoms with Gasteiger partial charge in [0, 0.05) is 13.1 Å². The van der Waals surface area contributed by atoms with Crippen molar-refractivity contribution in [3.8, 4) is 0 Å². The van der Waals surface area contributed by atoms with Crippen molar-refractivity contribution in [3.05, 3.63) is 26.6 Å². The van der Waals surface area contributed by atoms with Gasteiger partial charge in [-0.25, -0.2) is 4.68 Å². The summed E-state index contributed by atoms with van der Waals surface area (Å²) >= 11 is 11.6. The van der Waals surface area contributed by atoms with Crippen LogP contribution in [0.2, 0.25) is 10.0 Å². The molecule has 2 heterocycles. The van der Waals surface area contributed by atoms with E-state index in [9.17, 15) is 14.7 Å². The first kappa shape index (κ1) is 16.3. The summed E-state index contributed by atoms with van der Waals surface area (Å²) in [7, 11) is 0. The Labute approximate surface area is 132 Å². The zero-order valence-electron chi connectivity index (χ0n) is 11.6. The highest BCUT2D eigenvalue weighted by atomic mass is 35.5. The molecule has 1 aromatic heterocycles. The number of carboxylic acids is 1. The molecule has 1 aliphatic rings. The molecule has 0 saturated carbocycles. The minimum Gasteiger partial charge on any atom is -0.480 e. The third-order valence-corrected chi connectivity index (χ3v) is 4.61. The van der Waals surface area contributed by atoms with Gasteiger partial charge in [0.05, 0.1) is 17.3 Å². The number of piperidine rings is 1. The molecule has 21 heavy (non-hydrogen) atoms. The Morgan fingerprint density at radius 1 is 1.48 bits per heavy atom. The second kappa shape index (κ2) is 6.77. The number of likely N-dealkylation sites (tertiary alicyclic amines) is 1. The van der Waals surface area contributed by atoms with Crippen molar-refractivity contribution in [1.82, 2.24) is 14.7 Å². The maximum absolute atomic E-state index is 12.0. The second-order valence-electron chi connectivity index (χ2n) is 5.09. The van der Waals surface area contributed by atoms with E-state index in [4.69, 9.17) is 23.2 Å². The molecule has 1 atom stereocenters. The molecule has 1 aliphatic heterocycles. The molecule has 0 aliphatic carbocycles. The van der Waals surface area contributed by atoms with Gasteiger partial charge >= 0.3 is 5.97 Å². The van der Waals surface area contributed by atoms with Gasteiger partial charge in [-0.1, -0.05) is 30.1 Å². The lowest BCUT2D eigenvalue weighted by Gasteiger charge is -2.35. The summed E-state index contributed by atoms with van der Waals surface area (Å²) in [6.07, 6.45) is 3.25. The van der Waals surface area contributed by atoms with Crippen LogP contribution in [0.25, 0.3) is 0 Å². The van der Waals surface area contributed by atoms with E-state index in [1.54, 1.807) is 0 Å². The number of halogens is 2. The van der Waals surface area contributed by atoms with Crippen LogP contribution >= 0.6 is 23.2 Å². The van der Waals surface area contributed by atoms with Crippen molar-refractivity contribution < 1.29 is 9.90 Å². The highest BCUT2D eigenvalue weighted by Gasteiger charge is 2.29. The molecule has 1 saturated heterocycles. The van der Waals surface area contributed by atoms with Gasteiger partial charge in [-0.15, -0.1) is 0 Å². The summed E-state index contributed by atoms with van der Waals surface area (Å²) < 4.78 is 1.35. The predicted molar refractivity (Wildman–Crippen MR) is 80.1 cm³/mol. The number of rotatable bonds is 4. The maximum atomic E-state index is 12.0. The van der Waals surface area contributed by atoms with Crippen LogP contribution in [-0.4, -0.2) is 44.9 Å². The highest BCUT2D eigenvalue weighted by molar-refractivity contribution is 6.41. The number of nitrogens with zero attached hydrogens (tertiary/aromatic N) is 3. The minimum absolute atomic E-state index is 0.0222. The molecule has 6 nitrogen and oxygen atoms in total. The quantitative estimate of drug-likeness (QED) is 0.912. The topological polar surface area (TPSA) is 75.4 Å². The fourth-order valence-corrected chi connectivity index (χ4v) is 2.98. The van der Waals surface area contributed by atoms with E-state index in [0.29, 0.717) is 32.4 Å². The molecule has 1 unspecified atom stereocenters. The van der Waals surface area contributed by atoms with Crippen molar-refractivity contribution >= 4 is 29.2 Å². The number of hydrogen-bond donors (Lipinski definition) is 1. The summed E-state index contributed by atoms with van der Waals surface area (Å²) in [5, 5.41) is 13.3. The Kier molecular flexibility index (Phi) is 5.24. The van der Waals surface area contributed by atoms with Crippen LogP contribution in [0.15, 0.2) is 11.0 Å². The smallest absolute Gasteiger partial charge is 0.320 e. The van der Waals surface area contributed by atoms with E-state index in [2.05, 4.69) is 5.10 Å². The van der Waals surface area contributed by atoms with Crippen LogP contribution in [0.5, 0.6) is 0 Å². The molecule has 0 aromatic carbocycles. The van der Waals surface area contributed by atoms with Crippen LogP contribution in [0.3, 0.4) is 0 Å². The lowest BCUT2D eigenvalue weighted by Crippen LogP contribution is -2.46. The summed E-state index contributed by atoms with van der Waals surface area (Å²) in [6.45, 7) is 3.09. The van der Waals surface area contributed by atoms with Crippen molar-refractivity contribution in [1.29, 1.82) is 0 Å². The number of aromatic nitrogens is 2. The summed E-state index contributed by atoms with van der Waals surface area (Å²) in [4.78, 5) is 25.2. The van der Waals surface area contributed by atoms with Crippen molar-refractivity contribution in [2.75, 3.05) is 13.1 Å². The molecular formula is C13H17Cl2N3O3. The van der Waals surface area contributed by atoms with Crippen LogP contribution in [0, 0.1) is 0 Å². The number of carbonyl (C=O) groups is 1.